The molecule has 1 saturated heterocycles. The summed E-state index contributed by atoms with van der Waals surface area (Å²) < 4.78 is 14.3. The first-order chi connectivity index (χ1) is 14.0. The summed E-state index contributed by atoms with van der Waals surface area (Å²) in [6.07, 6.45) is 1.53. The molecule has 0 saturated carbocycles. The number of carbonyl (C=O) groups excluding carboxylic acids is 2. The van der Waals surface area contributed by atoms with Crippen molar-refractivity contribution in [3.63, 3.8) is 0 Å². The number of thiophene rings is 1. The van der Waals surface area contributed by atoms with Crippen LogP contribution in [-0.2, 0) is 0 Å². The number of amides is 2. The minimum absolute atomic E-state index is 0.00471. The van der Waals surface area contributed by atoms with E-state index in [0.717, 1.165) is 18.5 Å². The predicted molar refractivity (Wildman–Crippen MR) is 110 cm³/mol. The number of para-hydroxylation sites is 1. The van der Waals surface area contributed by atoms with Crippen LogP contribution in [0.25, 0.3) is 0 Å². The van der Waals surface area contributed by atoms with Gasteiger partial charge in [0, 0.05) is 24.7 Å². The van der Waals surface area contributed by atoms with Gasteiger partial charge < -0.3 is 10.2 Å². The summed E-state index contributed by atoms with van der Waals surface area (Å²) in [6, 6.07) is 11.1. The highest BCUT2D eigenvalue weighted by Crippen LogP contribution is 2.29. The van der Waals surface area contributed by atoms with Crippen LogP contribution < -0.4 is 5.32 Å². The highest BCUT2D eigenvalue weighted by Gasteiger charge is 2.27. The molecule has 4 rings (SSSR count). The number of anilines is 1. The first-order valence-electron chi connectivity index (χ1n) is 9.17. The second-order valence-electron chi connectivity index (χ2n) is 6.81. The van der Waals surface area contributed by atoms with Crippen LogP contribution in [0.5, 0.6) is 0 Å². The van der Waals surface area contributed by atoms with Gasteiger partial charge in [0.15, 0.2) is 5.69 Å². The normalized spacial score (nSPS) is 14.8. The van der Waals surface area contributed by atoms with Crippen LogP contribution in [0.2, 0.25) is 4.34 Å². The van der Waals surface area contributed by atoms with Gasteiger partial charge in [-0.25, -0.2) is 4.39 Å². The van der Waals surface area contributed by atoms with Crippen LogP contribution in [0, 0.1) is 5.82 Å². The Kier molecular flexibility index (Phi) is 5.64. The fraction of sp³-hybridized carbons (Fsp3) is 0.250. The fourth-order valence-electron chi connectivity index (χ4n) is 3.39. The second kappa shape index (κ2) is 8.34. The Hall–Kier alpha value is -2.71. The molecule has 1 aliphatic rings. The first-order valence-corrected chi connectivity index (χ1v) is 10.4. The molecule has 1 aromatic carbocycles. The van der Waals surface area contributed by atoms with E-state index >= 15 is 0 Å². The van der Waals surface area contributed by atoms with Gasteiger partial charge in [0.05, 0.1) is 14.9 Å². The van der Waals surface area contributed by atoms with Gasteiger partial charge in [-0.15, -0.1) is 11.3 Å². The topological polar surface area (TPSA) is 78.1 Å². The van der Waals surface area contributed by atoms with Gasteiger partial charge in [0.1, 0.15) is 5.82 Å². The zero-order valence-corrected chi connectivity index (χ0v) is 16.9. The molecule has 29 heavy (non-hydrogen) atoms. The van der Waals surface area contributed by atoms with Crippen LogP contribution in [0.4, 0.5) is 10.1 Å². The van der Waals surface area contributed by atoms with Crippen molar-refractivity contribution in [2.45, 2.75) is 18.8 Å². The SMILES string of the molecule is O=C(Nc1ccccc1F)c1cc(C2CCN(C(=O)c3ccc(Cl)s3)CC2)[nH]n1. The van der Waals surface area contributed by atoms with Crippen molar-refractivity contribution in [2.75, 3.05) is 18.4 Å². The molecule has 0 aliphatic carbocycles. The van der Waals surface area contributed by atoms with E-state index in [9.17, 15) is 14.0 Å². The fourth-order valence-corrected chi connectivity index (χ4v) is 4.40. The number of aromatic amines is 1. The third kappa shape index (κ3) is 4.33. The van der Waals surface area contributed by atoms with E-state index in [0.29, 0.717) is 22.3 Å². The second-order valence-corrected chi connectivity index (χ2v) is 8.53. The Balaban J connectivity index is 1.36. The van der Waals surface area contributed by atoms with Gasteiger partial charge in [0.25, 0.3) is 11.8 Å². The molecule has 0 unspecified atom stereocenters. The first kappa shape index (κ1) is 19.6. The maximum Gasteiger partial charge on any atom is 0.276 e. The zero-order valence-electron chi connectivity index (χ0n) is 15.3. The summed E-state index contributed by atoms with van der Waals surface area (Å²) >= 11 is 7.20. The number of halogens is 2. The lowest BCUT2D eigenvalue weighted by Gasteiger charge is -2.31. The third-order valence-corrected chi connectivity index (χ3v) is 6.18. The Morgan fingerprint density at radius 2 is 1.97 bits per heavy atom. The van der Waals surface area contributed by atoms with E-state index in [1.54, 1.807) is 30.3 Å². The van der Waals surface area contributed by atoms with Crippen LogP contribution in [0.3, 0.4) is 0 Å². The van der Waals surface area contributed by atoms with Crippen LogP contribution >= 0.6 is 22.9 Å². The Morgan fingerprint density at radius 3 is 2.66 bits per heavy atom. The number of hydrogen-bond donors (Lipinski definition) is 2. The molecule has 2 N–H and O–H groups in total. The monoisotopic (exact) mass is 432 g/mol. The molecule has 1 aliphatic heterocycles. The Labute approximate surface area is 175 Å². The highest BCUT2D eigenvalue weighted by molar-refractivity contribution is 7.17. The summed E-state index contributed by atoms with van der Waals surface area (Å²) in [7, 11) is 0. The Bertz CT molecular complexity index is 1040. The smallest absolute Gasteiger partial charge is 0.276 e. The number of benzene rings is 1. The largest absolute Gasteiger partial charge is 0.338 e. The molecular weight excluding hydrogens is 415 g/mol. The molecule has 0 atom stereocenters. The van der Waals surface area contributed by atoms with Crippen molar-refractivity contribution in [3.8, 4) is 0 Å². The van der Waals surface area contributed by atoms with E-state index < -0.39 is 11.7 Å². The maximum atomic E-state index is 13.7. The molecule has 0 spiro atoms. The van der Waals surface area contributed by atoms with Crippen LogP contribution in [0.1, 0.15) is 44.6 Å². The molecule has 0 radical (unpaired) electrons. The van der Waals surface area contributed by atoms with Gasteiger partial charge in [-0.05, 0) is 43.2 Å². The lowest BCUT2D eigenvalue weighted by molar-refractivity contribution is 0.0717. The average molecular weight is 433 g/mol. The third-order valence-electron chi connectivity index (χ3n) is 4.96. The highest BCUT2D eigenvalue weighted by atomic mass is 35.5. The molecular formula is C20H18ClFN4O2S. The molecule has 3 heterocycles. The zero-order chi connectivity index (χ0) is 20.4. The van der Waals surface area contributed by atoms with E-state index in [2.05, 4.69) is 15.5 Å². The number of piperidine rings is 1. The van der Waals surface area contributed by atoms with E-state index in [1.807, 2.05) is 4.90 Å². The average Bonchev–Trinajstić information content (AvgIpc) is 3.39. The molecule has 0 bridgehead atoms. The van der Waals surface area contributed by atoms with Crippen molar-refractivity contribution in [1.29, 1.82) is 0 Å². The summed E-state index contributed by atoms with van der Waals surface area (Å²) in [6.45, 7) is 1.24. The minimum Gasteiger partial charge on any atom is -0.338 e. The molecule has 150 valence electrons. The number of nitrogens with zero attached hydrogens (tertiary/aromatic N) is 2. The summed E-state index contributed by atoms with van der Waals surface area (Å²) in [5.41, 5.74) is 1.16. The lowest BCUT2D eigenvalue weighted by atomic mass is 9.93. The summed E-state index contributed by atoms with van der Waals surface area (Å²) in [5, 5.41) is 9.51. The lowest BCUT2D eigenvalue weighted by Crippen LogP contribution is -2.37. The van der Waals surface area contributed by atoms with E-state index in [4.69, 9.17) is 11.6 Å². The molecule has 3 aromatic rings. The van der Waals surface area contributed by atoms with Gasteiger partial charge in [-0.2, -0.15) is 5.10 Å². The van der Waals surface area contributed by atoms with Crippen LogP contribution in [-0.4, -0.2) is 40.0 Å². The number of carbonyl (C=O) groups is 2. The van der Waals surface area contributed by atoms with Gasteiger partial charge in [-0.3, -0.25) is 14.7 Å². The van der Waals surface area contributed by atoms with Crippen molar-refractivity contribution < 1.29 is 14.0 Å². The quantitative estimate of drug-likeness (QED) is 0.635. The number of nitrogens with one attached hydrogen (secondary N) is 2. The van der Waals surface area contributed by atoms with Gasteiger partial charge in [0.2, 0.25) is 0 Å². The van der Waals surface area contributed by atoms with E-state index in [-0.39, 0.29) is 23.2 Å². The maximum absolute atomic E-state index is 13.7. The Morgan fingerprint density at radius 1 is 1.21 bits per heavy atom. The number of likely N-dealkylation sites (tertiary alicyclic amines) is 1. The number of hydrogen-bond acceptors (Lipinski definition) is 4. The number of aromatic nitrogens is 2. The van der Waals surface area contributed by atoms with Gasteiger partial charge in [-0.1, -0.05) is 23.7 Å². The van der Waals surface area contributed by atoms with Crippen molar-refractivity contribution >= 4 is 40.4 Å². The molecule has 2 aromatic heterocycles. The molecule has 1 fully saturated rings. The van der Waals surface area contributed by atoms with Crippen molar-refractivity contribution in [1.82, 2.24) is 15.1 Å². The number of rotatable bonds is 4. The standard InChI is InChI=1S/C20H18ClFN4O2S/c21-18-6-5-17(29-18)20(28)26-9-7-12(8-10-26)15-11-16(25-24-15)19(27)23-14-4-2-1-3-13(14)22/h1-6,11-12H,7-10H2,(H,23,27)(H,24,25). The summed E-state index contributed by atoms with van der Waals surface area (Å²) in [5.74, 6) is -0.802. The minimum atomic E-state index is -0.499. The van der Waals surface area contributed by atoms with Crippen molar-refractivity contribution in [2.24, 2.45) is 0 Å². The summed E-state index contributed by atoms with van der Waals surface area (Å²) in [4.78, 5) is 27.3. The van der Waals surface area contributed by atoms with Gasteiger partial charge >= 0.3 is 0 Å². The van der Waals surface area contributed by atoms with E-state index in [1.165, 1.54) is 23.5 Å². The predicted octanol–water partition coefficient (Wildman–Crippen LogP) is 4.54. The molecule has 6 nitrogen and oxygen atoms in total. The number of H-pyrrole nitrogens is 1. The van der Waals surface area contributed by atoms with Crippen LogP contribution in [0.15, 0.2) is 42.5 Å². The molecule has 2 amide bonds. The molecule has 9 heteroatoms. The van der Waals surface area contributed by atoms with Crippen molar-refractivity contribution in [3.05, 3.63) is 68.9 Å².